The van der Waals surface area contributed by atoms with Crippen LogP contribution in [0.2, 0.25) is 0 Å². The molecule has 32 heavy (non-hydrogen) atoms. The maximum atomic E-state index is 14.7. The topological polar surface area (TPSA) is 55.6 Å². The molecule has 4 rings (SSSR count). The van der Waals surface area contributed by atoms with Crippen LogP contribution in [-0.4, -0.2) is 18.6 Å². The summed E-state index contributed by atoms with van der Waals surface area (Å²) >= 11 is 0. The first-order valence-electron chi connectivity index (χ1n) is 11.7. The maximum Gasteiger partial charge on any atom is 0.225 e. The minimum Gasteiger partial charge on any atom is -0.487 e. The van der Waals surface area contributed by atoms with Gasteiger partial charge in [0.05, 0.1) is 12.0 Å². The number of carbonyl (C=O) groups is 1. The van der Waals surface area contributed by atoms with Crippen LogP contribution in [0.25, 0.3) is 0 Å². The lowest BCUT2D eigenvalue weighted by atomic mass is 9.73. The molecule has 1 unspecified atom stereocenters. The Kier molecular flexibility index (Phi) is 5.95. The summed E-state index contributed by atoms with van der Waals surface area (Å²) in [4.78, 5) is 14.6. The van der Waals surface area contributed by atoms with Gasteiger partial charge in [-0.15, -0.1) is 0 Å². The van der Waals surface area contributed by atoms with Gasteiger partial charge < -0.3 is 15.4 Å². The Morgan fingerprint density at radius 1 is 1.12 bits per heavy atom. The number of hydrogen-bond acceptors (Lipinski definition) is 3. The summed E-state index contributed by atoms with van der Waals surface area (Å²) in [6.45, 7) is 11.8. The van der Waals surface area contributed by atoms with Gasteiger partial charge in [-0.1, -0.05) is 20.8 Å². The van der Waals surface area contributed by atoms with Crippen LogP contribution in [0.3, 0.4) is 0 Å². The quantitative estimate of drug-likeness (QED) is 0.666. The molecule has 1 heterocycles. The van der Waals surface area contributed by atoms with Crippen molar-refractivity contribution in [2.75, 3.05) is 11.4 Å². The number of hydrogen-bond donors (Lipinski definition) is 1. The van der Waals surface area contributed by atoms with Gasteiger partial charge in [-0.05, 0) is 97.0 Å². The molecule has 1 aliphatic heterocycles. The Morgan fingerprint density at radius 3 is 2.34 bits per heavy atom. The zero-order chi connectivity index (χ0) is 23.2. The molecule has 172 valence electrons. The highest BCUT2D eigenvalue weighted by molar-refractivity contribution is 5.84. The van der Waals surface area contributed by atoms with Gasteiger partial charge in [0.25, 0.3) is 0 Å². The average molecular weight is 439 g/mol. The van der Waals surface area contributed by atoms with Crippen molar-refractivity contribution in [2.24, 2.45) is 11.1 Å². The van der Waals surface area contributed by atoms with Crippen molar-refractivity contribution in [1.29, 1.82) is 0 Å². The van der Waals surface area contributed by atoms with Crippen molar-refractivity contribution in [3.8, 4) is 5.75 Å². The number of aryl methyl sites for hydroxylation is 3. The molecule has 0 saturated heterocycles. The van der Waals surface area contributed by atoms with Crippen LogP contribution in [-0.2, 0) is 17.8 Å². The predicted octanol–water partition coefficient (Wildman–Crippen LogP) is 5.55. The molecule has 2 N–H and O–H groups in total. The first kappa shape index (κ1) is 22.6. The predicted molar refractivity (Wildman–Crippen MR) is 127 cm³/mol. The van der Waals surface area contributed by atoms with Gasteiger partial charge in [-0.25, -0.2) is 4.39 Å². The molecule has 4 nitrogen and oxygen atoms in total. The van der Waals surface area contributed by atoms with Crippen molar-refractivity contribution in [1.82, 2.24) is 0 Å². The van der Waals surface area contributed by atoms with Gasteiger partial charge in [0.2, 0.25) is 5.91 Å². The van der Waals surface area contributed by atoms with E-state index in [0.717, 1.165) is 60.2 Å². The Hall–Kier alpha value is -2.56. The third kappa shape index (κ3) is 4.62. The number of rotatable bonds is 5. The van der Waals surface area contributed by atoms with E-state index < -0.39 is 0 Å². The third-order valence-corrected chi connectivity index (χ3v) is 6.69. The fraction of sp³-hybridized carbons (Fsp3) is 0.519. The van der Waals surface area contributed by atoms with E-state index in [2.05, 4.69) is 51.7 Å². The largest absolute Gasteiger partial charge is 0.487 e. The second kappa shape index (κ2) is 8.42. The molecule has 0 spiro atoms. The number of nitrogens with zero attached hydrogens (tertiary/aromatic N) is 1. The van der Waals surface area contributed by atoms with Crippen LogP contribution >= 0.6 is 0 Å². The van der Waals surface area contributed by atoms with Crippen molar-refractivity contribution in [3.05, 3.63) is 57.9 Å². The van der Waals surface area contributed by atoms with Gasteiger partial charge >= 0.3 is 0 Å². The first-order chi connectivity index (χ1) is 15.0. The Labute approximate surface area is 190 Å². The molecule has 0 radical (unpaired) electrons. The Balaban J connectivity index is 1.64. The molecular formula is C27H35FN2O2. The molecule has 2 aromatic rings. The average Bonchev–Trinajstić information content (AvgIpc) is 3.50. The second-order valence-electron chi connectivity index (χ2n) is 10.6. The molecule has 0 aromatic heterocycles. The molecular weight excluding hydrogens is 403 g/mol. The number of ether oxygens (including phenoxy) is 1. The minimum absolute atomic E-state index is 0.187. The highest BCUT2D eigenvalue weighted by atomic mass is 19.1. The Morgan fingerprint density at radius 2 is 1.78 bits per heavy atom. The third-order valence-electron chi connectivity index (χ3n) is 6.69. The summed E-state index contributed by atoms with van der Waals surface area (Å²) in [7, 11) is 0. The monoisotopic (exact) mass is 438 g/mol. The van der Waals surface area contributed by atoms with E-state index in [1.54, 1.807) is 6.07 Å². The van der Waals surface area contributed by atoms with Gasteiger partial charge in [0, 0.05) is 18.8 Å². The zero-order valence-electron chi connectivity index (χ0n) is 19.9. The number of carbonyl (C=O) groups excluding carboxylic acids is 1. The molecule has 2 aromatic carbocycles. The molecule has 1 amide bonds. The normalized spacial score (nSPS) is 17.5. The van der Waals surface area contributed by atoms with E-state index in [4.69, 9.17) is 10.5 Å². The zero-order valence-corrected chi connectivity index (χ0v) is 19.9. The van der Waals surface area contributed by atoms with Gasteiger partial charge in [-0.2, -0.15) is 0 Å². The van der Waals surface area contributed by atoms with Gasteiger partial charge in [-0.3, -0.25) is 4.79 Å². The van der Waals surface area contributed by atoms with E-state index in [-0.39, 0.29) is 29.2 Å². The number of halogens is 1. The lowest BCUT2D eigenvalue weighted by Crippen LogP contribution is -2.33. The lowest BCUT2D eigenvalue weighted by molar-refractivity contribution is -0.121. The number of nitrogens with two attached hydrogens (primary N) is 1. The maximum absolute atomic E-state index is 14.7. The van der Waals surface area contributed by atoms with Crippen molar-refractivity contribution in [2.45, 2.75) is 78.9 Å². The van der Waals surface area contributed by atoms with Gasteiger partial charge in [0.15, 0.2) is 11.6 Å². The van der Waals surface area contributed by atoms with Crippen LogP contribution in [0.1, 0.15) is 73.8 Å². The summed E-state index contributed by atoms with van der Waals surface area (Å²) in [5.41, 5.74) is 12.0. The van der Waals surface area contributed by atoms with E-state index in [0.29, 0.717) is 12.3 Å². The summed E-state index contributed by atoms with van der Waals surface area (Å²) < 4.78 is 20.5. The molecule has 5 heteroatoms. The molecule has 0 bridgehead atoms. The van der Waals surface area contributed by atoms with E-state index in [1.165, 1.54) is 5.56 Å². The highest BCUT2D eigenvalue weighted by Gasteiger charge is 2.34. The Bertz CT molecular complexity index is 1010. The number of amides is 1. The highest BCUT2D eigenvalue weighted by Crippen LogP contribution is 2.40. The number of benzene rings is 2. The fourth-order valence-electron chi connectivity index (χ4n) is 5.03. The molecule has 1 fully saturated rings. The summed E-state index contributed by atoms with van der Waals surface area (Å²) in [5.74, 6) is -0.509. The van der Waals surface area contributed by atoms with Crippen LogP contribution in [0.4, 0.5) is 10.1 Å². The standard InChI is InChI=1S/C27H35FN2O2/c1-16-11-20(12-17(2)24(16)25(26(29)31)27(3,4)5)30-10-6-7-18-14-23(32-21-8-9-21)22(28)13-19(18)15-30/h11-14,21,25H,6-10,15H2,1-5H3,(H2,29,31). The summed E-state index contributed by atoms with van der Waals surface area (Å²) in [5, 5.41) is 0. The van der Waals surface area contributed by atoms with E-state index in [1.807, 2.05) is 6.07 Å². The molecule has 1 atom stereocenters. The SMILES string of the molecule is Cc1cc(N2CCCc3cc(OC4CC4)c(F)cc3C2)cc(C)c1C(C(N)=O)C(C)(C)C. The van der Waals surface area contributed by atoms with Gasteiger partial charge in [0.1, 0.15) is 0 Å². The van der Waals surface area contributed by atoms with E-state index >= 15 is 0 Å². The van der Waals surface area contributed by atoms with Crippen LogP contribution < -0.4 is 15.4 Å². The van der Waals surface area contributed by atoms with Crippen LogP contribution in [0.15, 0.2) is 24.3 Å². The van der Waals surface area contributed by atoms with Crippen LogP contribution in [0.5, 0.6) is 5.75 Å². The summed E-state index contributed by atoms with van der Waals surface area (Å²) in [6, 6.07) is 7.86. The lowest BCUT2D eigenvalue weighted by Gasteiger charge is -2.32. The second-order valence-corrected chi connectivity index (χ2v) is 10.6. The van der Waals surface area contributed by atoms with Crippen molar-refractivity contribution < 1.29 is 13.9 Å². The number of primary amides is 1. The minimum atomic E-state index is -0.347. The number of anilines is 1. The molecule has 2 aliphatic rings. The molecule has 1 saturated carbocycles. The number of fused-ring (bicyclic) bond motifs is 1. The van der Waals surface area contributed by atoms with E-state index in [9.17, 15) is 9.18 Å². The smallest absolute Gasteiger partial charge is 0.225 e. The van der Waals surface area contributed by atoms with Crippen molar-refractivity contribution in [3.63, 3.8) is 0 Å². The summed E-state index contributed by atoms with van der Waals surface area (Å²) in [6.07, 6.45) is 4.13. The first-order valence-corrected chi connectivity index (χ1v) is 11.7. The molecule has 1 aliphatic carbocycles. The van der Waals surface area contributed by atoms with Crippen molar-refractivity contribution >= 4 is 11.6 Å². The van der Waals surface area contributed by atoms with Crippen LogP contribution in [0, 0.1) is 25.1 Å². The fourth-order valence-corrected chi connectivity index (χ4v) is 5.03.